The molecule has 0 atom stereocenters. The molecule has 0 spiro atoms. The lowest BCUT2D eigenvalue weighted by Crippen LogP contribution is -1.94. The number of rotatable bonds is 2. The molecule has 1 aliphatic carbocycles. The summed E-state index contributed by atoms with van der Waals surface area (Å²) >= 11 is 0. The predicted molar refractivity (Wildman–Crippen MR) is 146 cm³/mol. The minimum absolute atomic E-state index is 0.652. The average molecular weight is 455 g/mol. The Morgan fingerprint density at radius 2 is 0.861 bits per heavy atom. The normalized spacial score (nSPS) is 11.3. The van der Waals surface area contributed by atoms with Gasteiger partial charge in [-0.05, 0) is 90.3 Å². The van der Waals surface area contributed by atoms with Gasteiger partial charge in [-0.15, -0.1) is 0 Å². The van der Waals surface area contributed by atoms with Gasteiger partial charge in [0.2, 0.25) is 0 Å². The van der Waals surface area contributed by atoms with Gasteiger partial charge in [-0.25, -0.2) is 0 Å². The summed E-state index contributed by atoms with van der Waals surface area (Å²) in [6, 6.07) is 42.0. The van der Waals surface area contributed by atoms with E-state index >= 15 is 0 Å². The molecule has 164 valence electrons. The van der Waals surface area contributed by atoms with E-state index in [1.54, 1.807) is 0 Å². The first-order chi connectivity index (χ1) is 17.8. The SMILES string of the molecule is N#Cc1ccc(-c2c3c(c(-c4ccc(C#N)cc4)c4ccccc24)-c2cccc4cccc-3c24)cc1. The van der Waals surface area contributed by atoms with Gasteiger partial charge in [0, 0.05) is 0 Å². The molecule has 0 radical (unpaired) electrons. The largest absolute Gasteiger partial charge is 0.192 e. The van der Waals surface area contributed by atoms with Gasteiger partial charge in [0.15, 0.2) is 0 Å². The van der Waals surface area contributed by atoms with Crippen molar-refractivity contribution in [3.63, 3.8) is 0 Å². The summed E-state index contributed by atoms with van der Waals surface area (Å²) < 4.78 is 0. The van der Waals surface area contributed by atoms with Crippen molar-refractivity contribution in [2.24, 2.45) is 0 Å². The van der Waals surface area contributed by atoms with Crippen LogP contribution in [0.25, 0.3) is 66.1 Å². The lowest BCUT2D eigenvalue weighted by molar-refractivity contribution is 1.48. The van der Waals surface area contributed by atoms with Crippen LogP contribution < -0.4 is 0 Å². The van der Waals surface area contributed by atoms with Crippen molar-refractivity contribution in [2.75, 3.05) is 0 Å². The molecule has 2 nitrogen and oxygen atoms in total. The Hall–Kier alpha value is -5.18. The minimum atomic E-state index is 0.652. The maximum absolute atomic E-state index is 9.38. The van der Waals surface area contributed by atoms with E-state index in [4.69, 9.17) is 0 Å². The lowest BCUT2D eigenvalue weighted by Gasteiger charge is -2.20. The summed E-state index contributed by atoms with van der Waals surface area (Å²) in [4.78, 5) is 0. The van der Waals surface area contributed by atoms with Crippen molar-refractivity contribution in [3.05, 3.63) is 120 Å². The van der Waals surface area contributed by atoms with Crippen molar-refractivity contribution in [1.29, 1.82) is 10.5 Å². The predicted octanol–water partition coefficient (Wildman–Crippen LogP) is 8.72. The van der Waals surface area contributed by atoms with Gasteiger partial charge < -0.3 is 0 Å². The van der Waals surface area contributed by atoms with Crippen LogP contribution in [0.3, 0.4) is 0 Å². The number of benzene rings is 6. The second-order valence-electron chi connectivity index (χ2n) is 9.13. The van der Waals surface area contributed by atoms with Gasteiger partial charge in [0.1, 0.15) is 0 Å². The summed E-state index contributed by atoms with van der Waals surface area (Å²) in [5, 5.41) is 23.6. The van der Waals surface area contributed by atoms with E-state index in [1.807, 2.05) is 24.3 Å². The summed E-state index contributed by atoms with van der Waals surface area (Å²) in [5.41, 5.74) is 10.8. The maximum atomic E-state index is 9.38. The summed E-state index contributed by atoms with van der Waals surface area (Å²) in [7, 11) is 0. The number of hydrogen-bond donors (Lipinski definition) is 0. The lowest BCUT2D eigenvalue weighted by atomic mass is 9.82. The van der Waals surface area contributed by atoms with Crippen LogP contribution in [0.2, 0.25) is 0 Å². The highest BCUT2D eigenvalue weighted by Crippen LogP contribution is 2.57. The van der Waals surface area contributed by atoms with Gasteiger partial charge in [0.05, 0.1) is 23.3 Å². The Morgan fingerprint density at radius 3 is 1.28 bits per heavy atom. The van der Waals surface area contributed by atoms with E-state index in [0.29, 0.717) is 11.1 Å². The number of hydrogen-bond acceptors (Lipinski definition) is 2. The van der Waals surface area contributed by atoms with E-state index < -0.39 is 0 Å². The number of nitriles is 2. The zero-order chi connectivity index (χ0) is 24.2. The quantitative estimate of drug-likeness (QED) is 0.262. The highest BCUT2D eigenvalue weighted by atomic mass is 14.3. The molecule has 0 aromatic heterocycles. The molecule has 0 unspecified atom stereocenters. The smallest absolute Gasteiger partial charge is 0.0991 e. The standard InChI is InChI=1S/C34H18N2/c35-19-21-11-15-24(16-12-21)31-26-7-1-2-8-27(26)32(25-17-13-22(20-36)14-18-25)34-29-10-4-6-23-5-3-9-28(30(23)29)33(31)34/h1-18H. The van der Waals surface area contributed by atoms with Crippen LogP contribution in [0.1, 0.15) is 11.1 Å². The number of nitrogens with zero attached hydrogens (tertiary/aromatic N) is 2. The molecule has 0 bridgehead atoms. The fraction of sp³-hybridized carbons (Fsp3) is 0. The zero-order valence-electron chi connectivity index (χ0n) is 19.3. The van der Waals surface area contributed by atoms with Crippen molar-refractivity contribution in [3.8, 4) is 56.6 Å². The van der Waals surface area contributed by atoms with E-state index in [0.717, 1.165) is 11.1 Å². The molecule has 0 N–H and O–H groups in total. The topological polar surface area (TPSA) is 47.6 Å². The molecule has 0 saturated heterocycles. The highest BCUT2D eigenvalue weighted by Gasteiger charge is 2.30. The summed E-state index contributed by atoms with van der Waals surface area (Å²) in [6.45, 7) is 0. The summed E-state index contributed by atoms with van der Waals surface area (Å²) in [5.74, 6) is 0. The Balaban J connectivity index is 1.70. The molecular weight excluding hydrogens is 436 g/mol. The molecule has 6 aromatic rings. The van der Waals surface area contributed by atoms with Gasteiger partial charge in [0.25, 0.3) is 0 Å². The van der Waals surface area contributed by atoms with Crippen LogP contribution in [0, 0.1) is 22.7 Å². The fourth-order valence-electron chi connectivity index (χ4n) is 5.76. The van der Waals surface area contributed by atoms with Crippen molar-refractivity contribution in [2.45, 2.75) is 0 Å². The Bertz CT molecular complexity index is 1790. The first kappa shape index (κ1) is 20.2. The van der Waals surface area contributed by atoms with E-state index in [9.17, 15) is 10.5 Å². The molecule has 0 heterocycles. The molecule has 7 rings (SSSR count). The minimum Gasteiger partial charge on any atom is -0.192 e. The first-order valence-corrected chi connectivity index (χ1v) is 11.9. The maximum Gasteiger partial charge on any atom is 0.0991 e. The highest BCUT2D eigenvalue weighted by molar-refractivity contribution is 6.27. The van der Waals surface area contributed by atoms with Gasteiger partial charge in [-0.1, -0.05) is 84.9 Å². The second-order valence-corrected chi connectivity index (χ2v) is 9.13. The van der Waals surface area contributed by atoms with Gasteiger partial charge in [-0.3, -0.25) is 0 Å². The third-order valence-electron chi connectivity index (χ3n) is 7.26. The van der Waals surface area contributed by atoms with E-state index in [-0.39, 0.29) is 0 Å². The van der Waals surface area contributed by atoms with Crippen LogP contribution in [-0.2, 0) is 0 Å². The van der Waals surface area contributed by atoms with Crippen molar-refractivity contribution >= 4 is 21.5 Å². The fourth-order valence-corrected chi connectivity index (χ4v) is 5.76. The zero-order valence-corrected chi connectivity index (χ0v) is 19.3. The molecule has 0 aliphatic heterocycles. The van der Waals surface area contributed by atoms with Crippen molar-refractivity contribution < 1.29 is 0 Å². The third kappa shape index (κ3) is 2.76. The molecular formula is C34H18N2. The molecule has 2 heteroatoms. The molecule has 0 saturated carbocycles. The Morgan fingerprint density at radius 1 is 0.417 bits per heavy atom. The van der Waals surface area contributed by atoms with E-state index in [1.165, 1.54) is 54.9 Å². The molecule has 36 heavy (non-hydrogen) atoms. The number of fused-ring (bicyclic) bond motifs is 4. The van der Waals surface area contributed by atoms with Crippen LogP contribution in [0.5, 0.6) is 0 Å². The Labute approximate surface area is 208 Å². The first-order valence-electron chi connectivity index (χ1n) is 11.9. The third-order valence-corrected chi connectivity index (χ3v) is 7.26. The molecule has 1 aliphatic rings. The average Bonchev–Trinajstić information content (AvgIpc) is 3.27. The second kappa shape index (κ2) is 7.67. The van der Waals surface area contributed by atoms with Crippen LogP contribution in [0.4, 0.5) is 0 Å². The van der Waals surface area contributed by atoms with Crippen LogP contribution in [-0.4, -0.2) is 0 Å². The van der Waals surface area contributed by atoms with E-state index in [2.05, 4.69) is 97.1 Å². The Kier molecular flexibility index (Phi) is 4.31. The molecule has 6 aromatic carbocycles. The van der Waals surface area contributed by atoms with Gasteiger partial charge >= 0.3 is 0 Å². The monoisotopic (exact) mass is 454 g/mol. The summed E-state index contributed by atoms with van der Waals surface area (Å²) in [6.07, 6.45) is 0. The van der Waals surface area contributed by atoms with Crippen LogP contribution >= 0.6 is 0 Å². The molecule has 0 fully saturated rings. The van der Waals surface area contributed by atoms with Crippen molar-refractivity contribution in [1.82, 2.24) is 0 Å². The van der Waals surface area contributed by atoms with Gasteiger partial charge in [-0.2, -0.15) is 10.5 Å². The molecule has 0 amide bonds. The van der Waals surface area contributed by atoms with Crippen LogP contribution in [0.15, 0.2) is 109 Å².